The molecule has 1 aliphatic rings. The van der Waals surface area contributed by atoms with Crippen molar-refractivity contribution < 1.29 is 4.74 Å². The van der Waals surface area contributed by atoms with Crippen LogP contribution in [0.1, 0.15) is 46.5 Å². The van der Waals surface area contributed by atoms with Gasteiger partial charge in [-0.05, 0) is 39.5 Å². The second kappa shape index (κ2) is 5.10. The first-order valence-corrected chi connectivity index (χ1v) is 5.70. The van der Waals surface area contributed by atoms with Gasteiger partial charge in [-0.1, -0.05) is 12.8 Å². The van der Waals surface area contributed by atoms with Gasteiger partial charge < -0.3 is 4.74 Å². The molecule has 1 atom stereocenters. The van der Waals surface area contributed by atoms with Crippen molar-refractivity contribution in [1.29, 1.82) is 0 Å². The second-order valence-corrected chi connectivity index (χ2v) is 4.78. The van der Waals surface area contributed by atoms with Crippen LogP contribution in [0.2, 0.25) is 0 Å². The number of hydrogen-bond donors (Lipinski definition) is 2. The SMILES string of the molecule is CCOC(C)(C)C(CCC1CC1)NN. The summed E-state index contributed by atoms with van der Waals surface area (Å²) < 4.78 is 5.69. The molecule has 0 aromatic heterocycles. The summed E-state index contributed by atoms with van der Waals surface area (Å²) in [6, 6.07) is 0.267. The Hall–Kier alpha value is -0.120. The molecule has 1 unspecified atom stereocenters. The zero-order valence-electron chi connectivity index (χ0n) is 9.68. The van der Waals surface area contributed by atoms with Crippen molar-refractivity contribution in [2.45, 2.75) is 58.1 Å². The summed E-state index contributed by atoms with van der Waals surface area (Å²) in [6.07, 6.45) is 5.22. The molecule has 0 heterocycles. The predicted molar refractivity (Wildman–Crippen MR) is 58.8 cm³/mol. The van der Waals surface area contributed by atoms with Gasteiger partial charge >= 0.3 is 0 Å². The molecule has 0 aromatic rings. The van der Waals surface area contributed by atoms with Gasteiger partial charge in [-0.15, -0.1) is 0 Å². The molecule has 3 nitrogen and oxygen atoms in total. The smallest absolute Gasteiger partial charge is 0.0792 e. The maximum Gasteiger partial charge on any atom is 0.0792 e. The van der Waals surface area contributed by atoms with E-state index in [1.807, 2.05) is 6.92 Å². The van der Waals surface area contributed by atoms with Crippen LogP contribution in [0.25, 0.3) is 0 Å². The van der Waals surface area contributed by atoms with Crippen molar-refractivity contribution in [2.75, 3.05) is 6.61 Å². The Morgan fingerprint density at radius 2 is 2.14 bits per heavy atom. The number of hydrazine groups is 1. The molecule has 0 amide bonds. The van der Waals surface area contributed by atoms with E-state index in [2.05, 4.69) is 19.3 Å². The first-order valence-electron chi connectivity index (χ1n) is 5.70. The molecule has 0 spiro atoms. The monoisotopic (exact) mass is 200 g/mol. The molecule has 3 N–H and O–H groups in total. The predicted octanol–water partition coefficient (Wildman–Crippen LogP) is 1.82. The zero-order valence-corrected chi connectivity index (χ0v) is 9.68. The Kier molecular flexibility index (Phi) is 4.35. The average molecular weight is 200 g/mol. The minimum Gasteiger partial charge on any atom is -0.374 e. The highest BCUT2D eigenvalue weighted by Gasteiger charge is 2.31. The van der Waals surface area contributed by atoms with Crippen LogP contribution in [0.4, 0.5) is 0 Å². The van der Waals surface area contributed by atoms with Gasteiger partial charge in [0.1, 0.15) is 0 Å². The summed E-state index contributed by atoms with van der Waals surface area (Å²) in [6.45, 7) is 6.98. The Balaban J connectivity index is 2.32. The maximum absolute atomic E-state index is 5.69. The molecular weight excluding hydrogens is 176 g/mol. The van der Waals surface area contributed by atoms with E-state index in [4.69, 9.17) is 10.6 Å². The minimum absolute atomic E-state index is 0.154. The molecule has 0 bridgehead atoms. The van der Waals surface area contributed by atoms with Crippen LogP contribution in [0.15, 0.2) is 0 Å². The molecule has 0 saturated heterocycles. The molecule has 0 aliphatic heterocycles. The fraction of sp³-hybridized carbons (Fsp3) is 1.00. The lowest BCUT2D eigenvalue weighted by atomic mass is 9.94. The van der Waals surface area contributed by atoms with Gasteiger partial charge in [0.15, 0.2) is 0 Å². The van der Waals surface area contributed by atoms with E-state index < -0.39 is 0 Å². The van der Waals surface area contributed by atoms with Gasteiger partial charge in [-0.3, -0.25) is 11.3 Å². The number of ether oxygens (including phenoxy) is 1. The Morgan fingerprint density at radius 3 is 2.57 bits per heavy atom. The zero-order chi connectivity index (χ0) is 10.6. The van der Waals surface area contributed by atoms with Crippen LogP contribution >= 0.6 is 0 Å². The molecule has 3 heteroatoms. The van der Waals surface area contributed by atoms with Gasteiger partial charge in [0.25, 0.3) is 0 Å². The number of nitrogens with one attached hydrogen (secondary N) is 1. The van der Waals surface area contributed by atoms with Crippen LogP contribution in [0.5, 0.6) is 0 Å². The molecule has 1 rings (SSSR count). The summed E-state index contributed by atoms with van der Waals surface area (Å²) in [5.41, 5.74) is 2.73. The van der Waals surface area contributed by atoms with Gasteiger partial charge in [-0.2, -0.15) is 0 Å². The molecule has 1 aliphatic carbocycles. The van der Waals surface area contributed by atoms with Crippen LogP contribution < -0.4 is 11.3 Å². The highest BCUT2D eigenvalue weighted by molar-refractivity contribution is 4.86. The number of nitrogens with two attached hydrogens (primary N) is 1. The van der Waals surface area contributed by atoms with Crippen molar-refractivity contribution in [2.24, 2.45) is 11.8 Å². The summed E-state index contributed by atoms with van der Waals surface area (Å²) in [4.78, 5) is 0. The van der Waals surface area contributed by atoms with E-state index in [1.54, 1.807) is 0 Å². The highest BCUT2D eigenvalue weighted by Crippen LogP contribution is 2.35. The van der Waals surface area contributed by atoms with E-state index in [0.29, 0.717) is 0 Å². The third kappa shape index (κ3) is 3.56. The van der Waals surface area contributed by atoms with Crippen LogP contribution in [0, 0.1) is 5.92 Å². The topological polar surface area (TPSA) is 47.3 Å². The first kappa shape index (κ1) is 12.0. The van der Waals surface area contributed by atoms with Crippen molar-refractivity contribution in [1.82, 2.24) is 5.43 Å². The van der Waals surface area contributed by atoms with E-state index in [1.165, 1.54) is 19.3 Å². The molecule has 0 radical (unpaired) electrons. The standard InChI is InChI=1S/C11H24N2O/c1-4-14-11(2,3)10(13-12)8-7-9-5-6-9/h9-10,13H,4-8,12H2,1-3H3. The van der Waals surface area contributed by atoms with Crippen LogP contribution in [-0.2, 0) is 4.74 Å². The lowest BCUT2D eigenvalue weighted by Gasteiger charge is -2.33. The Bertz CT molecular complexity index is 167. The summed E-state index contributed by atoms with van der Waals surface area (Å²) in [5, 5.41) is 0. The van der Waals surface area contributed by atoms with E-state index in [9.17, 15) is 0 Å². The fourth-order valence-electron chi connectivity index (χ4n) is 1.91. The third-order valence-corrected chi connectivity index (χ3v) is 3.12. The number of hydrogen-bond acceptors (Lipinski definition) is 3. The molecule has 84 valence electrons. The Labute approximate surface area is 87.4 Å². The molecule has 1 saturated carbocycles. The van der Waals surface area contributed by atoms with Crippen molar-refractivity contribution in [3.63, 3.8) is 0 Å². The number of rotatable bonds is 7. The van der Waals surface area contributed by atoms with Crippen molar-refractivity contribution >= 4 is 0 Å². The molecule has 14 heavy (non-hydrogen) atoms. The normalized spacial score (nSPS) is 19.7. The molecular formula is C11H24N2O. The van der Waals surface area contributed by atoms with Crippen molar-refractivity contribution in [3.8, 4) is 0 Å². The maximum atomic E-state index is 5.69. The van der Waals surface area contributed by atoms with Gasteiger partial charge in [0, 0.05) is 12.6 Å². The largest absolute Gasteiger partial charge is 0.374 e. The fourth-order valence-corrected chi connectivity index (χ4v) is 1.91. The quantitative estimate of drug-likeness (QED) is 0.487. The van der Waals surface area contributed by atoms with E-state index in [0.717, 1.165) is 18.9 Å². The van der Waals surface area contributed by atoms with Crippen molar-refractivity contribution in [3.05, 3.63) is 0 Å². The summed E-state index contributed by atoms with van der Waals surface area (Å²) in [5.74, 6) is 6.53. The van der Waals surface area contributed by atoms with E-state index >= 15 is 0 Å². The lowest BCUT2D eigenvalue weighted by molar-refractivity contribution is -0.0408. The second-order valence-electron chi connectivity index (χ2n) is 4.78. The highest BCUT2D eigenvalue weighted by atomic mass is 16.5. The minimum atomic E-state index is -0.154. The van der Waals surface area contributed by atoms with Gasteiger partial charge in [0.05, 0.1) is 5.60 Å². The van der Waals surface area contributed by atoms with Crippen LogP contribution in [-0.4, -0.2) is 18.2 Å². The third-order valence-electron chi connectivity index (χ3n) is 3.12. The lowest BCUT2D eigenvalue weighted by Crippen LogP contribution is -2.51. The van der Waals surface area contributed by atoms with E-state index in [-0.39, 0.29) is 11.6 Å². The van der Waals surface area contributed by atoms with Gasteiger partial charge in [0.2, 0.25) is 0 Å². The van der Waals surface area contributed by atoms with Gasteiger partial charge in [-0.25, -0.2) is 0 Å². The van der Waals surface area contributed by atoms with Crippen LogP contribution in [0.3, 0.4) is 0 Å². The molecule has 0 aromatic carbocycles. The molecule has 1 fully saturated rings. The summed E-state index contributed by atoms with van der Waals surface area (Å²) in [7, 11) is 0. The first-order chi connectivity index (χ1) is 6.60. The summed E-state index contributed by atoms with van der Waals surface area (Å²) >= 11 is 0. The Morgan fingerprint density at radius 1 is 1.50 bits per heavy atom. The average Bonchev–Trinajstić information content (AvgIpc) is 2.88.